The smallest absolute Gasteiger partial charge is 0.227 e. The molecule has 0 amide bonds. The van der Waals surface area contributed by atoms with E-state index < -0.39 is 0 Å². The summed E-state index contributed by atoms with van der Waals surface area (Å²) in [5.41, 5.74) is 0.947. The Balaban J connectivity index is 1.57. The molecule has 1 aliphatic rings. The first-order chi connectivity index (χ1) is 14.1. The lowest BCUT2D eigenvalue weighted by molar-refractivity contribution is 0.447. The van der Waals surface area contributed by atoms with Gasteiger partial charge in [-0.25, -0.2) is 9.37 Å². The predicted octanol–water partition coefficient (Wildman–Crippen LogP) is 2.73. The van der Waals surface area contributed by atoms with Crippen LogP contribution in [0, 0.1) is 5.82 Å². The molecule has 2 aromatic heterocycles. The molecule has 1 aliphatic heterocycles. The van der Waals surface area contributed by atoms with Gasteiger partial charge in [-0.05, 0) is 31.7 Å². The van der Waals surface area contributed by atoms with Gasteiger partial charge in [0.05, 0.1) is 12.2 Å². The fourth-order valence-corrected chi connectivity index (χ4v) is 3.10. The Hall–Kier alpha value is -3.33. The highest BCUT2D eigenvalue weighted by molar-refractivity contribution is 5.60. The third-order valence-corrected chi connectivity index (χ3v) is 4.86. The topological polar surface area (TPSA) is 90.9 Å². The molecule has 150 valence electrons. The molecule has 1 atom stereocenters. The standard InChI is InChI=1S/C20H23FN8/c1-13(14-3-5-15(21)6-4-14)25-20-27-17(26-18-10-23-7-8-24-18)9-19(28-20)29-11-16(12-29)22-2/h3-10,13,16,22H,11-12H2,1-2H3,(H2,24,25,26,27,28)/t13-/m0/s1. The zero-order chi connectivity index (χ0) is 20.2. The first-order valence-corrected chi connectivity index (χ1v) is 9.47. The van der Waals surface area contributed by atoms with Crippen molar-refractivity contribution in [2.45, 2.75) is 19.0 Å². The maximum Gasteiger partial charge on any atom is 0.227 e. The van der Waals surface area contributed by atoms with Crippen LogP contribution in [0.1, 0.15) is 18.5 Å². The van der Waals surface area contributed by atoms with Crippen LogP contribution in [0.25, 0.3) is 0 Å². The first-order valence-electron chi connectivity index (χ1n) is 9.47. The lowest BCUT2D eigenvalue weighted by atomic mass is 10.1. The third kappa shape index (κ3) is 4.57. The van der Waals surface area contributed by atoms with E-state index in [-0.39, 0.29) is 11.9 Å². The predicted molar refractivity (Wildman–Crippen MR) is 111 cm³/mol. The number of rotatable bonds is 7. The zero-order valence-electron chi connectivity index (χ0n) is 16.3. The summed E-state index contributed by atoms with van der Waals surface area (Å²) in [7, 11) is 1.96. The second kappa shape index (κ2) is 8.36. The molecule has 0 saturated carbocycles. The zero-order valence-corrected chi connectivity index (χ0v) is 16.3. The van der Waals surface area contributed by atoms with E-state index in [2.05, 4.69) is 40.8 Å². The van der Waals surface area contributed by atoms with Gasteiger partial charge >= 0.3 is 0 Å². The number of nitrogens with one attached hydrogen (secondary N) is 3. The number of halogens is 1. The quantitative estimate of drug-likeness (QED) is 0.564. The average molecular weight is 394 g/mol. The van der Waals surface area contributed by atoms with Crippen LogP contribution < -0.4 is 20.9 Å². The molecular weight excluding hydrogens is 371 g/mol. The highest BCUT2D eigenvalue weighted by atomic mass is 19.1. The summed E-state index contributed by atoms with van der Waals surface area (Å²) in [6.07, 6.45) is 4.87. The Morgan fingerprint density at radius 1 is 1.10 bits per heavy atom. The molecule has 8 nitrogen and oxygen atoms in total. The fraction of sp³-hybridized carbons (Fsp3) is 0.300. The van der Waals surface area contributed by atoms with Gasteiger partial charge in [0.2, 0.25) is 5.95 Å². The van der Waals surface area contributed by atoms with Crippen molar-refractivity contribution >= 4 is 23.4 Å². The normalized spacial score (nSPS) is 14.9. The second-order valence-corrected chi connectivity index (χ2v) is 6.96. The van der Waals surface area contributed by atoms with Gasteiger partial charge in [0.15, 0.2) is 0 Å². The van der Waals surface area contributed by atoms with Crippen molar-refractivity contribution < 1.29 is 4.39 Å². The van der Waals surface area contributed by atoms with Crippen molar-refractivity contribution in [3.63, 3.8) is 0 Å². The SMILES string of the molecule is CNC1CN(c2cc(Nc3cnccn3)nc(N[C@@H](C)c3ccc(F)cc3)n2)C1. The Bertz CT molecular complexity index is 944. The van der Waals surface area contributed by atoms with Gasteiger partial charge in [0.1, 0.15) is 23.3 Å². The number of aromatic nitrogens is 4. The molecule has 1 saturated heterocycles. The Morgan fingerprint density at radius 3 is 2.59 bits per heavy atom. The molecule has 0 aliphatic carbocycles. The molecule has 1 aromatic carbocycles. The van der Waals surface area contributed by atoms with Gasteiger partial charge in [-0.1, -0.05) is 12.1 Å². The molecule has 3 N–H and O–H groups in total. The van der Waals surface area contributed by atoms with Gasteiger partial charge < -0.3 is 20.9 Å². The molecule has 0 unspecified atom stereocenters. The van der Waals surface area contributed by atoms with E-state index in [1.54, 1.807) is 30.7 Å². The van der Waals surface area contributed by atoms with Gasteiger partial charge in [-0.2, -0.15) is 9.97 Å². The van der Waals surface area contributed by atoms with Crippen LogP contribution in [0.15, 0.2) is 48.9 Å². The lowest BCUT2D eigenvalue weighted by Gasteiger charge is -2.40. The minimum absolute atomic E-state index is 0.0864. The van der Waals surface area contributed by atoms with Crippen molar-refractivity contribution in [3.8, 4) is 0 Å². The van der Waals surface area contributed by atoms with E-state index in [0.717, 1.165) is 24.5 Å². The number of anilines is 4. The fourth-order valence-electron chi connectivity index (χ4n) is 3.10. The van der Waals surface area contributed by atoms with Crippen molar-refractivity contribution in [3.05, 3.63) is 60.3 Å². The highest BCUT2D eigenvalue weighted by Gasteiger charge is 2.27. The molecule has 3 heterocycles. The average Bonchev–Trinajstić information content (AvgIpc) is 2.68. The maximum absolute atomic E-state index is 13.2. The van der Waals surface area contributed by atoms with Crippen LogP contribution in [0.5, 0.6) is 0 Å². The summed E-state index contributed by atoms with van der Waals surface area (Å²) in [5, 5.41) is 9.75. The van der Waals surface area contributed by atoms with E-state index in [0.29, 0.717) is 23.6 Å². The van der Waals surface area contributed by atoms with E-state index in [9.17, 15) is 4.39 Å². The Labute approximate surface area is 168 Å². The highest BCUT2D eigenvalue weighted by Crippen LogP contribution is 2.26. The second-order valence-electron chi connectivity index (χ2n) is 6.96. The van der Waals surface area contributed by atoms with Crippen LogP contribution in [-0.2, 0) is 0 Å². The van der Waals surface area contributed by atoms with E-state index in [1.807, 2.05) is 20.0 Å². The van der Waals surface area contributed by atoms with Crippen molar-refractivity contribution in [2.75, 3.05) is 35.7 Å². The number of hydrogen-bond acceptors (Lipinski definition) is 8. The summed E-state index contributed by atoms with van der Waals surface area (Å²) < 4.78 is 13.2. The molecule has 0 spiro atoms. The number of likely N-dealkylation sites (N-methyl/N-ethyl adjacent to an activating group) is 1. The largest absolute Gasteiger partial charge is 0.353 e. The Kier molecular flexibility index (Phi) is 5.48. The van der Waals surface area contributed by atoms with Crippen LogP contribution in [0.2, 0.25) is 0 Å². The summed E-state index contributed by atoms with van der Waals surface area (Å²) in [6.45, 7) is 3.75. The van der Waals surface area contributed by atoms with E-state index >= 15 is 0 Å². The molecule has 0 bridgehead atoms. The van der Waals surface area contributed by atoms with Gasteiger partial charge in [0.25, 0.3) is 0 Å². The lowest BCUT2D eigenvalue weighted by Crippen LogP contribution is -2.57. The number of nitrogens with zero attached hydrogens (tertiary/aromatic N) is 5. The van der Waals surface area contributed by atoms with Gasteiger partial charge in [-0.15, -0.1) is 0 Å². The monoisotopic (exact) mass is 394 g/mol. The van der Waals surface area contributed by atoms with Crippen molar-refractivity contribution in [1.29, 1.82) is 0 Å². The summed E-state index contributed by atoms with van der Waals surface area (Å²) in [5.74, 6) is 2.28. The molecule has 0 radical (unpaired) electrons. The van der Waals surface area contributed by atoms with Crippen molar-refractivity contribution in [2.24, 2.45) is 0 Å². The summed E-state index contributed by atoms with van der Waals surface area (Å²) in [6, 6.07) is 8.67. The molecule has 3 aromatic rings. The molecule has 1 fully saturated rings. The molecule has 29 heavy (non-hydrogen) atoms. The first kappa shape index (κ1) is 19.0. The van der Waals surface area contributed by atoms with E-state index in [4.69, 9.17) is 0 Å². The molecular formula is C20H23FN8. The summed E-state index contributed by atoms with van der Waals surface area (Å²) in [4.78, 5) is 19.7. The minimum atomic E-state index is -0.258. The summed E-state index contributed by atoms with van der Waals surface area (Å²) >= 11 is 0. The van der Waals surface area contributed by atoms with Crippen LogP contribution in [-0.4, -0.2) is 46.1 Å². The van der Waals surface area contributed by atoms with Gasteiger partial charge in [0, 0.05) is 37.6 Å². The number of benzene rings is 1. The van der Waals surface area contributed by atoms with Crippen molar-refractivity contribution in [1.82, 2.24) is 25.3 Å². The van der Waals surface area contributed by atoms with Crippen LogP contribution in [0.3, 0.4) is 0 Å². The molecule has 9 heteroatoms. The third-order valence-electron chi connectivity index (χ3n) is 4.86. The molecule has 4 rings (SSSR count). The van der Waals surface area contributed by atoms with E-state index in [1.165, 1.54) is 12.1 Å². The maximum atomic E-state index is 13.2. The van der Waals surface area contributed by atoms with Gasteiger partial charge in [-0.3, -0.25) is 4.98 Å². The number of hydrogen-bond donors (Lipinski definition) is 3. The van der Waals surface area contributed by atoms with Crippen LogP contribution in [0.4, 0.5) is 27.8 Å². The van der Waals surface area contributed by atoms with Crippen LogP contribution >= 0.6 is 0 Å². The Morgan fingerprint density at radius 2 is 1.90 bits per heavy atom. The minimum Gasteiger partial charge on any atom is -0.353 e.